The number of nitrogens with zero attached hydrogens (tertiary/aromatic N) is 2. The largest absolute Gasteiger partial charge is 0.465 e. The molecule has 0 aromatic carbocycles. The summed E-state index contributed by atoms with van der Waals surface area (Å²) in [5, 5.41) is 0. The molecule has 1 fully saturated rings. The van der Waals surface area contributed by atoms with Crippen molar-refractivity contribution in [3.05, 3.63) is 45.0 Å². The van der Waals surface area contributed by atoms with Crippen LogP contribution in [0.3, 0.4) is 0 Å². The SMILES string of the molecule is CCC(=O)/C(=C/N(C)C)C(=O)OC.CCOC(=O)c1cn(CC2OCCO2)c(C)c(C)c1=O.O=C=O. The quantitative estimate of drug-likeness (QED) is 0.214. The zero-order valence-corrected chi connectivity index (χ0v) is 21.7. The lowest BCUT2D eigenvalue weighted by Gasteiger charge is -2.17. The number of ether oxygens (including phenoxy) is 4. The molecular weight excluding hydrogens is 476 g/mol. The number of hydrogen-bond acceptors (Lipinski definition) is 11. The van der Waals surface area contributed by atoms with Crippen LogP contribution in [0, 0.1) is 13.8 Å². The van der Waals surface area contributed by atoms with E-state index in [2.05, 4.69) is 4.74 Å². The Kier molecular flexibility index (Phi) is 15.2. The summed E-state index contributed by atoms with van der Waals surface area (Å²) in [5.41, 5.74) is 1.18. The molecule has 36 heavy (non-hydrogen) atoms. The van der Waals surface area contributed by atoms with Gasteiger partial charge in [0.2, 0.25) is 0 Å². The molecule has 0 bridgehead atoms. The Labute approximate surface area is 209 Å². The molecule has 0 radical (unpaired) electrons. The second-order valence-electron chi connectivity index (χ2n) is 7.48. The van der Waals surface area contributed by atoms with E-state index in [0.717, 1.165) is 5.69 Å². The molecule has 1 aliphatic heterocycles. The lowest BCUT2D eigenvalue weighted by atomic mass is 10.1. The molecule has 0 aliphatic carbocycles. The van der Waals surface area contributed by atoms with Gasteiger partial charge in [-0.15, -0.1) is 0 Å². The molecule has 12 heteroatoms. The maximum Gasteiger partial charge on any atom is 0.373 e. The molecule has 1 aromatic rings. The monoisotopic (exact) mass is 510 g/mol. The number of ketones is 1. The number of aromatic nitrogens is 1. The number of esters is 2. The van der Waals surface area contributed by atoms with Crippen LogP contribution in [0.1, 0.15) is 41.9 Å². The van der Waals surface area contributed by atoms with Gasteiger partial charge in [-0.1, -0.05) is 6.92 Å². The number of pyridine rings is 1. The topological polar surface area (TPSA) is 148 Å². The molecule has 0 unspecified atom stereocenters. The smallest absolute Gasteiger partial charge is 0.373 e. The lowest BCUT2D eigenvalue weighted by molar-refractivity contribution is -0.191. The van der Waals surface area contributed by atoms with Crippen LogP contribution >= 0.6 is 0 Å². The van der Waals surface area contributed by atoms with Gasteiger partial charge in [0.15, 0.2) is 17.5 Å². The van der Waals surface area contributed by atoms with Gasteiger partial charge < -0.3 is 28.4 Å². The predicted octanol–water partition coefficient (Wildman–Crippen LogP) is 1.02. The van der Waals surface area contributed by atoms with Crippen LogP contribution in [0.25, 0.3) is 0 Å². The Balaban J connectivity index is 0.000000663. The maximum atomic E-state index is 12.1. The van der Waals surface area contributed by atoms with Crippen LogP contribution in [0.2, 0.25) is 0 Å². The second kappa shape index (κ2) is 16.9. The molecule has 200 valence electrons. The summed E-state index contributed by atoms with van der Waals surface area (Å²) >= 11 is 0. The lowest BCUT2D eigenvalue weighted by Crippen LogP contribution is -2.27. The van der Waals surface area contributed by atoms with Crippen molar-refractivity contribution in [3.63, 3.8) is 0 Å². The van der Waals surface area contributed by atoms with E-state index in [-0.39, 0.29) is 41.4 Å². The Hall–Kier alpha value is -3.60. The molecule has 0 saturated carbocycles. The minimum absolute atomic E-state index is 0.0490. The molecule has 1 aromatic heterocycles. The first-order valence-corrected chi connectivity index (χ1v) is 11.1. The summed E-state index contributed by atoms with van der Waals surface area (Å²) in [5.74, 6) is -1.39. The highest BCUT2D eigenvalue weighted by molar-refractivity contribution is 6.17. The molecule has 0 spiro atoms. The van der Waals surface area contributed by atoms with E-state index in [9.17, 15) is 19.2 Å². The van der Waals surface area contributed by atoms with Gasteiger partial charge in [0.05, 0.1) is 33.5 Å². The highest BCUT2D eigenvalue weighted by Crippen LogP contribution is 2.12. The van der Waals surface area contributed by atoms with Crippen LogP contribution in [-0.2, 0) is 44.7 Å². The van der Waals surface area contributed by atoms with Crippen molar-refractivity contribution in [2.24, 2.45) is 0 Å². The van der Waals surface area contributed by atoms with Gasteiger partial charge in [-0.2, -0.15) is 9.59 Å². The van der Waals surface area contributed by atoms with E-state index in [1.54, 1.807) is 44.3 Å². The van der Waals surface area contributed by atoms with E-state index in [1.807, 2.05) is 6.92 Å². The van der Waals surface area contributed by atoms with E-state index in [0.29, 0.717) is 31.7 Å². The van der Waals surface area contributed by atoms with Gasteiger partial charge in [0.1, 0.15) is 11.1 Å². The van der Waals surface area contributed by atoms with Crippen LogP contribution in [0.15, 0.2) is 22.8 Å². The normalized spacial score (nSPS) is 12.8. The summed E-state index contributed by atoms with van der Waals surface area (Å²) in [7, 11) is 4.74. The first-order valence-electron chi connectivity index (χ1n) is 11.1. The zero-order valence-electron chi connectivity index (χ0n) is 21.7. The summed E-state index contributed by atoms with van der Waals surface area (Å²) in [6, 6.07) is 0. The van der Waals surface area contributed by atoms with Crippen LogP contribution in [-0.4, -0.2) is 80.7 Å². The Morgan fingerprint density at radius 2 is 1.72 bits per heavy atom. The fourth-order valence-electron chi connectivity index (χ4n) is 2.91. The first-order chi connectivity index (χ1) is 17.0. The Bertz CT molecular complexity index is 996. The number of rotatable bonds is 8. The highest BCUT2D eigenvalue weighted by Gasteiger charge is 2.21. The van der Waals surface area contributed by atoms with Crippen molar-refractivity contribution in [1.29, 1.82) is 0 Å². The maximum absolute atomic E-state index is 12.1. The average molecular weight is 511 g/mol. The third-order valence-electron chi connectivity index (χ3n) is 4.79. The molecule has 1 saturated heterocycles. The number of Topliss-reactive ketones (excluding diaryl/α,β-unsaturated/α-hetero) is 1. The van der Waals surface area contributed by atoms with Gasteiger partial charge in [-0.25, -0.2) is 9.59 Å². The fraction of sp³-hybridized carbons (Fsp3) is 0.542. The number of carbonyl (C=O) groups excluding carboxylic acids is 5. The minimum Gasteiger partial charge on any atom is -0.465 e. The van der Waals surface area contributed by atoms with Crippen molar-refractivity contribution < 1.29 is 42.9 Å². The van der Waals surface area contributed by atoms with Crippen molar-refractivity contribution in [3.8, 4) is 0 Å². The molecule has 12 nitrogen and oxygen atoms in total. The minimum atomic E-state index is -0.595. The van der Waals surface area contributed by atoms with Gasteiger partial charge in [-0.3, -0.25) is 9.59 Å². The van der Waals surface area contributed by atoms with Crippen molar-refractivity contribution >= 4 is 23.9 Å². The second-order valence-corrected chi connectivity index (χ2v) is 7.48. The fourth-order valence-corrected chi connectivity index (χ4v) is 2.91. The standard InChI is InChI=1S/C14H19NO5.C9H15NO3.CO2/c1-4-18-14(17)11-7-15(8-12-19-5-6-20-12)10(3)9(2)13(11)16;1-5-8(11)7(6-10(2)3)9(12)13-4;2-1-3/h7,12H,4-6,8H2,1-3H3;6H,5H2,1-4H3;/b;7-6-;. The van der Waals surface area contributed by atoms with Gasteiger partial charge >= 0.3 is 18.1 Å². The van der Waals surface area contributed by atoms with Crippen LogP contribution in [0.5, 0.6) is 0 Å². The van der Waals surface area contributed by atoms with E-state index in [4.69, 9.17) is 23.8 Å². The molecule has 0 N–H and O–H groups in total. The van der Waals surface area contributed by atoms with E-state index >= 15 is 0 Å². The van der Waals surface area contributed by atoms with Crippen molar-refractivity contribution in [2.75, 3.05) is 41.0 Å². The summed E-state index contributed by atoms with van der Waals surface area (Å²) in [6.45, 7) is 8.75. The van der Waals surface area contributed by atoms with Crippen molar-refractivity contribution in [1.82, 2.24) is 9.47 Å². The van der Waals surface area contributed by atoms with E-state index < -0.39 is 11.9 Å². The van der Waals surface area contributed by atoms with Crippen LogP contribution < -0.4 is 5.43 Å². The van der Waals surface area contributed by atoms with E-state index in [1.165, 1.54) is 19.5 Å². The number of carbonyl (C=O) groups is 3. The van der Waals surface area contributed by atoms with Gasteiger partial charge in [-0.05, 0) is 20.8 Å². The van der Waals surface area contributed by atoms with Gasteiger partial charge in [0, 0.05) is 44.2 Å². The number of hydrogen-bond donors (Lipinski definition) is 0. The molecule has 2 heterocycles. The summed E-state index contributed by atoms with van der Waals surface area (Å²) in [6.07, 6.45) is 3.20. The number of methoxy groups -OCH3 is 1. The Morgan fingerprint density at radius 1 is 1.17 bits per heavy atom. The third kappa shape index (κ3) is 10.3. The first kappa shape index (κ1) is 32.4. The zero-order chi connectivity index (χ0) is 27.8. The molecular formula is C24H34N2O10. The molecule has 1 aliphatic rings. The average Bonchev–Trinajstić information content (AvgIpc) is 3.36. The highest BCUT2D eigenvalue weighted by atomic mass is 16.7. The summed E-state index contributed by atoms with van der Waals surface area (Å²) < 4.78 is 22.0. The predicted molar refractivity (Wildman–Crippen MR) is 126 cm³/mol. The third-order valence-corrected chi connectivity index (χ3v) is 4.79. The van der Waals surface area contributed by atoms with Crippen molar-refractivity contribution in [2.45, 2.75) is 47.0 Å². The van der Waals surface area contributed by atoms with Gasteiger partial charge in [0.25, 0.3) is 0 Å². The summed E-state index contributed by atoms with van der Waals surface area (Å²) in [4.78, 5) is 64.2. The van der Waals surface area contributed by atoms with Crippen LogP contribution in [0.4, 0.5) is 0 Å². The Morgan fingerprint density at radius 3 is 2.17 bits per heavy atom. The molecule has 0 atom stereocenters. The molecule has 0 amide bonds. The molecule has 2 rings (SSSR count).